The SMILES string of the molecule is CCOC(=O)C[C@@]1(CC(=O)O)C[C@H]2CC[C@H]2C1. The number of esters is 1. The average molecular weight is 240 g/mol. The highest BCUT2D eigenvalue weighted by atomic mass is 16.5. The van der Waals surface area contributed by atoms with Crippen LogP contribution >= 0.6 is 0 Å². The van der Waals surface area contributed by atoms with Crippen LogP contribution in [-0.2, 0) is 14.3 Å². The second-order valence-corrected chi connectivity index (χ2v) is 5.56. The molecule has 0 unspecified atom stereocenters. The van der Waals surface area contributed by atoms with Crippen molar-refractivity contribution in [2.45, 2.75) is 45.4 Å². The molecule has 96 valence electrons. The van der Waals surface area contributed by atoms with Gasteiger partial charge in [0, 0.05) is 0 Å². The van der Waals surface area contributed by atoms with Crippen LogP contribution < -0.4 is 0 Å². The fraction of sp³-hybridized carbons (Fsp3) is 0.846. The van der Waals surface area contributed by atoms with Gasteiger partial charge in [0.2, 0.25) is 0 Å². The number of hydrogen-bond donors (Lipinski definition) is 1. The van der Waals surface area contributed by atoms with Crippen LogP contribution in [0.25, 0.3) is 0 Å². The molecule has 3 atom stereocenters. The molecule has 2 aliphatic carbocycles. The molecular formula is C13H20O4. The zero-order valence-electron chi connectivity index (χ0n) is 10.3. The molecule has 0 aliphatic heterocycles. The van der Waals surface area contributed by atoms with Crippen molar-refractivity contribution in [1.29, 1.82) is 0 Å². The molecule has 0 saturated heterocycles. The van der Waals surface area contributed by atoms with Gasteiger partial charge < -0.3 is 9.84 Å². The molecule has 1 N–H and O–H groups in total. The van der Waals surface area contributed by atoms with Gasteiger partial charge in [0.15, 0.2) is 0 Å². The van der Waals surface area contributed by atoms with E-state index in [1.807, 2.05) is 0 Å². The van der Waals surface area contributed by atoms with Gasteiger partial charge in [0.1, 0.15) is 0 Å². The number of hydrogen-bond acceptors (Lipinski definition) is 3. The lowest BCUT2D eigenvalue weighted by Gasteiger charge is -2.29. The second kappa shape index (κ2) is 4.67. The number of rotatable bonds is 5. The van der Waals surface area contributed by atoms with E-state index in [-0.39, 0.29) is 24.2 Å². The van der Waals surface area contributed by atoms with Gasteiger partial charge in [-0.05, 0) is 49.9 Å². The molecular weight excluding hydrogens is 220 g/mol. The topological polar surface area (TPSA) is 63.6 Å². The number of carboxylic acids is 1. The zero-order valence-corrected chi connectivity index (χ0v) is 10.3. The summed E-state index contributed by atoms with van der Waals surface area (Å²) in [5.74, 6) is 0.276. The maximum atomic E-state index is 11.6. The average Bonchev–Trinajstić information content (AvgIpc) is 2.41. The van der Waals surface area contributed by atoms with E-state index in [2.05, 4.69) is 0 Å². The standard InChI is InChI=1S/C13H20O4/c1-2-17-12(16)8-13(7-11(14)15)5-9-3-4-10(9)6-13/h9-10H,2-8H2,1H3,(H,14,15)/t9-,10+,13+. The molecule has 0 aromatic carbocycles. The highest BCUT2D eigenvalue weighted by Crippen LogP contribution is 2.58. The Morgan fingerprint density at radius 3 is 2.24 bits per heavy atom. The third-order valence-electron chi connectivity index (χ3n) is 4.32. The van der Waals surface area contributed by atoms with Crippen molar-refractivity contribution in [3.63, 3.8) is 0 Å². The molecule has 2 fully saturated rings. The van der Waals surface area contributed by atoms with E-state index in [1.54, 1.807) is 6.92 Å². The van der Waals surface area contributed by atoms with E-state index >= 15 is 0 Å². The van der Waals surface area contributed by atoms with Crippen LogP contribution in [0.2, 0.25) is 0 Å². The molecule has 0 aromatic heterocycles. The van der Waals surface area contributed by atoms with Crippen LogP contribution in [-0.4, -0.2) is 23.7 Å². The van der Waals surface area contributed by atoms with Crippen molar-refractivity contribution in [2.75, 3.05) is 6.61 Å². The van der Waals surface area contributed by atoms with Gasteiger partial charge in [-0.25, -0.2) is 0 Å². The van der Waals surface area contributed by atoms with Gasteiger partial charge in [-0.3, -0.25) is 9.59 Å². The summed E-state index contributed by atoms with van der Waals surface area (Å²) in [5.41, 5.74) is -0.329. The van der Waals surface area contributed by atoms with Crippen LogP contribution in [0, 0.1) is 17.3 Å². The Morgan fingerprint density at radius 1 is 1.24 bits per heavy atom. The summed E-state index contributed by atoms with van der Waals surface area (Å²) in [4.78, 5) is 22.6. The van der Waals surface area contributed by atoms with Crippen molar-refractivity contribution in [3.05, 3.63) is 0 Å². The Morgan fingerprint density at radius 2 is 1.82 bits per heavy atom. The maximum absolute atomic E-state index is 11.6. The molecule has 0 radical (unpaired) electrons. The quantitative estimate of drug-likeness (QED) is 0.748. The number of carbonyl (C=O) groups is 2. The first-order chi connectivity index (χ1) is 8.04. The molecule has 4 heteroatoms. The molecule has 0 heterocycles. The lowest BCUT2D eigenvalue weighted by atomic mass is 9.77. The van der Waals surface area contributed by atoms with Crippen LogP contribution in [0.15, 0.2) is 0 Å². The van der Waals surface area contributed by atoms with E-state index < -0.39 is 5.97 Å². The van der Waals surface area contributed by atoms with E-state index in [9.17, 15) is 9.59 Å². The summed E-state index contributed by atoms with van der Waals surface area (Å²) in [7, 11) is 0. The fourth-order valence-electron chi connectivity index (χ4n) is 3.56. The second-order valence-electron chi connectivity index (χ2n) is 5.56. The monoisotopic (exact) mass is 240 g/mol. The van der Waals surface area contributed by atoms with E-state index in [1.165, 1.54) is 12.8 Å². The molecule has 0 aromatic rings. The summed E-state index contributed by atoms with van der Waals surface area (Å²) >= 11 is 0. The summed E-state index contributed by atoms with van der Waals surface area (Å²) in [6.45, 7) is 2.15. The molecule has 2 aliphatic rings. The van der Waals surface area contributed by atoms with Gasteiger partial charge in [-0.2, -0.15) is 0 Å². The van der Waals surface area contributed by atoms with Gasteiger partial charge in [-0.15, -0.1) is 0 Å². The predicted octanol–water partition coefficient (Wildman–Crippen LogP) is 2.22. The van der Waals surface area contributed by atoms with Gasteiger partial charge in [0.05, 0.1) is 19.4 Å². The lowest BCUT2D eigenvalue weighted by Crippen LogP contribution is -2.26. The van der Waals surface area contributed by atoms with Crippen molar-refractivity contribution < 1.29 is 19.4 Å². The van der Waals surface area contributed by atoms with Crippen LogP contribution in [0.5, 0.6) is 0 Å². The Kier molecular flexibility index (Phi) is 3.40. The first-order valence-corrected chi connectivity index (χ1v) is 6.42. The fourth-order valence-corrected chi connectivity index (χ4v) is 3.56. The Hall–Kier alpha value is -1.06. The van der Waals surface area contributed by atoms with Crippen molar-refractivity contribution in [3.8, 4) is 0 Å². The summed E-state index contributed by atoms with van der Waals surface area (Å²) in [6.07, 6.45) is 4.58. The van der Waals surface area contributed by atoms with Crippen molar-refractivity contribution >= 4 is 11.9 Å². The number of carbonyl (C=O) groups excluding carboxylic acids is 1. The third-order valence-corrected chi connectivity index (χ3v) is 4.32. The number of fused-ring (bicyclic) bond motifs is 1. The summed E-state index contributed by atoms with van der Waals surface area (Å²) in [6, 6.07) is 0. The minimum absolute atomic E-state index is 0.110. The largest absolute Gasteiger partial charge is 0.481 e. The minimum Gasteiger partial charge on any atom is -0.481 e. The van der Waals surface area contributed by atoms with Gasteiger partial charge in [-0.1, -0.05) is 0 Å². The molecule has 0 amide bonds. The Labute approximate surface area is 101 Å². The molecule has 0 bridgehead atoms. The van der Waals surface area contributed by atoms with Gasteiger partial charge >= 0.3 is 11.9 Å². The molecule has 4 nitrogen and oxygen atoms in total. The molecule has 0 spiro atoms. The highest BCUT2D eigenvalue weighted by molar-refractivity contribution is 5.73. The molecule has 2 rings (SSSR count). The van der Waals surface area contributed by atoms with Crippen LogP contribution in [0.3, 0.4) is 0 Å². The molecule has 2 saturated carbocycles. The van der Waals surface area contributed by atoms with Crippen LogP contribution in [0.4, 0.5) is 0 Å². The van der Waals surface area contributed by atoms with Crippen LogP contribution in [0.1, 0.15) is 45.4 Å². The number of aliphatic carboxylic acids is 1. The maximum Gasteiger partial charge on any atom is 0.306 e. The summed E-state index contributed by atoms with van der Waals surface area (Å²) in [5, 5.41) is 9.02. The van der Waals surface area contributed by atoms with Crippen molar-refractivity contribution in [1.82, 2.24) is 0 Å². The normalized spacial score (nSPS) is 34.9. The Balaban J connectivity index is 2.02. The number of ether oxygens (including phenoxy) is 1. The molecule has 17 heavy (non-hydrogen) atoms. The van der Waals surface area contributed by atoms with E-state index in [4.69, 9.17) is 9.84 Å². The van der Waals surface area contributed by atoms with E-state index in [0.29, 0.717) is 18.4 Å². The van der Waals surface area contributed by atoms with E-state index in [0.717, 1.165) is 12.8 Å². The van der Waals surface area contributed by atoms with Crippen molar-refractivity contribution in [2.24, 2.45) is 17.3 Å². The predicted molar refractivity (Wildman–Crippen MR) is 61.4 cm³/mol. The third kappa shape index (κ3) is 2.61. The van der Waals surface area contributed by atoms with Gasteiger partial charge in [0.25, 0.3) is 0 Å². The zero-order chi connectivity index (χ0) is 12.5. The lowest BCUT2D eigenvalue weighted by molar-refractivity contribution is -0.147. The first kappa shape index (κ1) is 12.4. The summed E-state index contributed by atoms with van der Waals surface area (Å²) < 4.78 is 4.97. The minimum atomic E-state index is -0.796. The Bertz CT molecular complexity index is 311. The number of carboxylic acid groups (broad SMARTS) is 1. The highest BCUT2D eigenvalue weighted by Gasteiger charge is 2.50. The first-order valence-electron chi connectivity index (χ1n) is 6.42. The smallest absolute Gasteiger partial charge is 0.306 e.